The molecular weight excluding hydrogens is 448 g/mol. The van der Waals surface area contributed by atoms with Gasteiger partial charge in [0, 0.05) is 56.4 Å². The highest BCUT2D eigenvalue weighted by molar-refractivity contribution is 7.18. The van der Waals surface area contributed by atoms with Crippen molar-refractivity contribution in [2.24, 2.45) is 11.3 Å². The lowest BCUT2D eigenvalue weighted by Crippen LogP contribution is -2.49. The van der Waals surface area contributed by atoms with Crippen LogP contribution >= 0.6 is 11.3 Å². The van der Waals surface area contributed by atoms with E-state index in [1.807, 2.05) is 4.90 Å². The summed E-state index contributed by atoms with van der Waals surface area (Å²) in [5.74, 6) is 1.40. The molecule has 1 aliphatic carbocycles. The van der Waals surface area contributed by atoms with E-state index in [0.29, 0.717) is 51.0 Å². The summed E-state index contributed by atoms with van der Waals surface area (Å²) in [6, 6.07) is 1.80. The molecule has 0 saturated carbocycles. The average Bonchev–Trinajstić information content (AvgIpc) is 3.22. The molecule has 0 N–H and O–H groups in total. The van der Waals surface area contributed by atoms with Gasteiger partial charge in [0.25, 0.3) is 5.56 Å². The van der Waals surface area contributed by atoms with Crippen molar-refractivity contribution >= 4 is 33.4 Å². The molecule has 1 unspecified atom stereocenters. The van der Waals surface area contributed by atoms with Crippen molar-refractivity contribution in [3.05, 3.63) is 45.6 Å². The van der Waals surface area contributed by atoms with Gasteiger partial charge in [-0.05, 0) is 42.2 Å². The molecule has 1 fully saturated rings. The van der Waals surface area contributed by atoms with E-state index in [1.165, 1.54) is 10.4 Å². The van der Waals surface area contributed by atoms with Crippen molar-refractivity contribution in [2.45, 2.75) is 53.0 Å². The lowest BCUT2D eigenvalue weighted by atomic mass is 9.72. The van der Waals surface area contributed by atoms with Gasteiger partial charge in [-0.2, -0.15) is 0 Å². The molecule has 0 aromatic carbocycles. The zero-order valence-corrected chi connectivity index (χ0v) is 21.0. The Bertz CT molecular complexity index is 1240. The number of anilines is 1. The first-order valence-corrected chi connectivity index (χ1v) is 12.9. The van der Waals surface area contributed by atoms with Crippen molar-refractivity contribution in [1.29, 1.82) is 0 Å². The molecule has 9 heteroatoms. The number of fused-ring (bicyclic) bond motifs is 3. The largest absolute Gasteiger partial charge is 0.339 e. The summed E-state index contributed by atoms with van der Waals surface area (Å²) in [4.78, 5) is 45.5. The Morgan fingerprint density at radius 1 is 1.12 bits per heavy atom. The van der Waals surface area contributed by atoms with Crippen LogP contribution in [0.1, 0.15) is 44.1 Å². The molecule has 8 nitrogen and oxygen atoms in total. The molecule has 1 amide bonds. The van der Waals surface area contributed by atoms with Gasteiger partial charge in [0.15, 0.2) is 0 Å². The number of piperazine rings is 1. The fraction of sp³-hybridized carbons (Fsp3) is 0.560. The molecule has 5 rings (SSSR count). The van der Waals surface area contributed by atoms with Crippen LogP contribution < -0.4 is 10.5 Å². The van der Waals surface area contributed by atoms with Gasteiger partial charge in [-0.25, -0.2) is 15.0 Å². The zero-order valence-electron chi connectivity index (χ0n) is 20.2. The van der Waals surface area contributed by atoms with Gasteiger partial charge >= 0.3 is 0 Å². The first-order chi connectivity index (χ1) is 16.3. The van der Waals surface area contributed by atoms with Crippen LogP contribution in [0.3, 0.4) is 0 Å². The monoisotopic (exact) mass is 480 g/mol. The molecule has 3 aromatic heterocycles. The predicted molar refractivity (Wildman–Crippen MR) is 134 cm³/mol. The van der Waals surface area contributed by atoms with Gasteiger partial charge in [0.1, 0.15) is 4.83 Å². The van der Waals surface area contributed by atoms with Crippen LogP contribution in [-0.2, 0) is 24.2 Å². The number of thiophene rings is 1. The van der Waals surface area contributed by atoms with E-state index in [9.17, 15) is 9.59 Å². The molecule has 4 heterocycles. The first kappa shape index (κ1) is 23.0. The van der Waals surface area contributed by atoms with Gasteiger partial charge in [-0.15, -0.1) is 11.3 Å². The van der Waals surface area contributed by atoms with Crippen molar-refractivity contribution in [3.63, 3.8) is 0 Å². The highest BCUT2D eigenvalue weighted by atomic mass is 32.1. The van der Waals surface area contributed by atoms with E-state index in [1.54, 1.807) is 40.7 Å². The summed E-state index contributed by atoms with van der Waals surface area (Å²) < 4.78 is 1.62. The Kier molecular flexibility index (Phi) is 6.14. The van der Waals surface area contributed by atoms with Crippen molar-refractivity contribution in [1.82, 2.24) is 24.4 Å². The molecule has 1 saturated heterocycles. The highest BCUT2D eigenvalue weighted by Gasteiger charge is 2.32. The van der Waals surface area contributed by atoms with E-state index in [-0.39, 0.29) is 16.9 Å². The number of carbonyl (C=O) groups excluding carboxylic acids is 1. The maximum atomic E-state index is 13.3. The number of carbonyl (C=O) groups is 1. The standard InChI is InChI=1S/C25H32N6O2S/c1-25(2,3)17-5-6-18-19(15-17)34-22-21(18)23(33)31(16-28-22)10-7-20(32)29-11-13-30(14-12-29)24-26-8-4-9-27-24/h4,8-9,16-17H,5-7,10-15H2,1-3H3. The summed E-state index contributed by atoms with van der Waals surface area (Å²) in [7, 11) is 0. The molecule has 0 spiro atoms. The predicted octanol–water partition coefficient (Wildman–Crippen LogP) is 3.14. The van der Waals surface area contributed by atoms with Crippen LogP contribution in [0.2, 0.25) is 0 Å². The number of hydrogen-bond donors (Lipinski definition) is 0. The molecule has 180 valence electrons. The normalized spacial score (nSPS) is 18.9. The molecule has 1 aliphatic heterocycles. The first-order valence-electron chi connectivity index (χ1n) is 12.1. The van der Waals surface area contributed by atoms with Crippen LogP contribution in [-0.4, -0.2) is 56.5 Å². The number of amides is 1. The maximum Gasteiger partial charge on any atom is 0.262 e. The van der Waals surface area contributed by atoms with Crippen molar-refractivity contribution in [2.75, 3.05) is 31.1 Å². The summed E-state index contributed by atoms with van der Waals surface area (Å²) in [6.07, 6.45) is 8.45. The van der Waals surface area contributed by atoms with E-state index in [0.717, 1.165) is 29.5 Å². The second-order valence-electron chi connectivity index (χ2n) is 10.4. The number of aryl methyl sites for hydroxylation is 2. The van der Waals surface area contributed by atoms with Gasteiger partial charge in [0.05, 0.1) is 11.7 Å². The lowest BCUT2D eigenvalue weighted by Gasteiger charge is -2.34. The van der Waals surface area contributed by atoms with E-state index in [4.69, 9.17) is 0 Å². The van der Waals surface area contributed by atoms with Gasteiger partial charge in [0.2, 0.25) is 11.9 Å². The molecule has 3 aromatic rings. The zero-order chi connectivity index (χ0) is 23.9. The second-order valence-corrected chi connectivity index (χ2v) is 11.5. The van der Waals surface area contributed by atoms with Crippen LogP contribution in [0.5, 0.6) is 0 Å². The quantitative estimate of drug-likeness (QED) is 0.570. The third-order valence-corrected chi connectivity index (χ3v) is 8.46. The van der Waals surface area contributed by atoms with Crippen LogP contribution in [0.25, 0.3) is 10.2 Å². The van der Waals surface area contributed by atoms with E-state index in [2.05, 4.69) is 40.6 Å². The minimum absolute atomic E-state index is 0.00412. The minimum Gasteiger partial charge on any atom is -0.339 e. The van der Waals surface area contributed by atoms with Crippen molar-refractivity contribution < 1.29 is 4.79 Å². The van der Waals surface area contributed by atoms with Crippen LogP contribution in [0.4, 0.5) is 5.95 Å². The van der Waals surface area contributed by atoms with Crippen molar-refractivity contribution in [3.8, 4) is 0 Å². The topological polar surface area (TPSA) is 84.2 Å². The summed E-state index contributed by atoms with van der Waals surface area (Å²) in [6.45, 7) is 9.94. The number of rotatable bonds is 4. The lowest BCUT2D eigenvalue weighted by molar-refractivity contribution is -0.131. The molecule has 2 aliphatic rings. The fourth-order valence-electron chi connectivity index (χ4n) is 5.08. The maximum absolute atomic E-state index is 13.3. The number of nitrogens with zero attached hydrogens (tertiary/aromatic N) is 6. The SMILES string of the molecule is CC(C)(C)C1CCc2c(sc3ncn(CCC(=O)N4CCN(c5ncccn5)CC4)c(=O)c23)C1. The third kappa shape index (κ3) is 4.45. The Labute approximate surface area is 203 Å². The summed E-state index contributed by atoms with van der Waals surface area (Å²) >= 11 is 1.67. The Morgan fingerprint density at radius 3 is 2.56 bits per heavy atom. The fourth-order valence-corrected chi connectivity index (χ4v) is 6.34. The highest BCUT2D eigenvalue weighted by Crippen LogP contribution is 2.41. The second kappa shape index (κ2) is 9.09. The minimum atomic E-state index is -0.00412. The van der Waals surface area contributed by atoms with Gasteiger partial charge < -0.3 is 9.80 Å². The Morgan fingerprint density at radius 2 is 1.85 bits per heavy atom. The average molecular weight is 481 g/mol. The summed E-state index contributed by atoms with van der Waals surface area (Å²) in [5.41, 5.74) is 1.45. The summed E-state index contributed by atoms with van der Waals surface area (Å²) in [5, 5.41) is 0.777. The molecule has 0 radical (unpaired) electrons. The Balaban J connectivity index is 1.24. The molecular formula is C25H32N6O2S. The molecule has 0 bridgehead atoms. The molecule has 1 atom stereocenters. The Hall–Kier alpha value is -2.81. The number of aromatic nitrogens is 4. The van der Waals surface area contributed by atoms with Gasteiger partial charge in [-0.3, -0.25) is 14.2 Å². The van der Waals surface area contributed by atoms with Crippen LogP contribution in [0, 0.1) is 11.3 Å². The number of hydrogen-bond acceptors (Lipinski definition) is 7. The van der Waals surface area contributed by atoms with E-state index >= 15 is 0 Å². The van der Waals surface area contributed by atoms with Gasteiger partial charge in [-0.1, -0.05) is 20.8 Å². The van der Waals surface area contributed by atoms with E-state index < -0.39 is 0 Å². The van der Waals surface area contributed by atoms with Crippen LogP contribution in [0.15, 0.2) is 29.6 Å². The molecule has 34 heavy (non-hydrogen) atoms. The smallest absolute Gasteiger partial charge is 0.262 e. The third-order valence-electron chi connectivity index (χ3n) is 7.29.